The van der Waals surface area contributed by atoms with Crippen molar-refractivity contribution >= 4 is 6.03 Å². The van der Waals surface area contributed by atoms with Crippen LogP contribution in [0.5, 0.6) is 0 Å². The molecule has 2 N–H and O–H groups in total. The van der Waals surface area contributed by atoms with Crippen LogP contribution in [0.4, 0.5) is 4.79 Å². The van der Waals surface area contributed by atoms with Gasteiger partial charge in [0.25, 0.3) is 0 Å². The molecule has 2 amide bonds. The number of carbonyl (C=O) groups is 1. The van der Waals surface area contributed by atoms with E-state index in [-0.39, 0.29) is 18.1 Å². The van der Waals surface area contributed by atoms with Crippen LogP contribution in [0.15, 0.2) is 30.6 Å². The first-order valence-electron chi connectivity index (χ1n) is 8.55. The fourth-order valence-electron chi connectivity index (χ4n) is 2.76. The Morgan fingerprint density at radius 1 is 1.28 bits per heavy atom. The van der Waals surface area contributed by atoms with Crippen LogP contribution in [0.2, 0.25) is 0 Å². The standard InChI is InChI=1S/C18H28N6O/c1-6-14-7-9-15(10-8-14)16(23(3)4)11-19-18(25)21-13(2)17-22-20-12-24(17)5/h7-10,12-13,16H,6,11H2,1-5H3,(H2,19,21,25)/t13-,16-/m0/s1. The Morgan fingerprint density at radius 3 is 2.48 bits per heavy atom. The van der Waals surface area contributed by atoms with Crippen LogP contribution in [0.1, 0.15) is 42.9 Å². The van der Waals surface area contributed by atoms with Crippen molar-refractivity contribution in [3.63, 3.8) is 0 Å². The fraction of sp³-hybridized carbons (Fsp3) is 0.500. The largest absolute Gasteiger partial charge is 0.336 e. The van der Waals surface area contributed by atoms with Gasteiger partial charge in [-0.15, -0.1) is 10.2 Å². The summed E-state index contributed by atoms with van der Waals surface area (Å²) in [6.07, 6.45) is 2.64. The van der Waals surface area contributed by atoms with E-state index in [0.29, 0.717) is 6.54 Å². The van der Waals surface area contributed by atoms with Gasteiger partial charge in [0, 0.05) is 13.6 Å². The van der Waals surface area contributed by atoms with Crippen LogP contribution < -0.4 is 10.6 Å². The molecule has 0 fully saturated rings. The molecular formula is C18H28N6O. The highest BCUT2D eigenvalue weighted by molar-refractivity contribution is 5.74. The number of likely N-dealkylation sites (N-methyl/N-ethyl adjacent to an activating group) is 1. The number of benzene rings is 1. The van der Waals surface area contributed by atoms with Crippen LogP contribution in [-0.4, -0.2) is 46.3 Å². The summed E-state index contributed by atoms with van der Waals surface area (Å²) in [6.45, 7) is 4.55. The highest BCUT2D eigenvalue weighted by atomic mass is 16.2. The maximum absolute atomic E-state index is 12.2. The normalized spacial score (nSPS) is 13.5. The average molecular weight is 344 g/mol. The minimum Gasteiger partial charge on any atom is -0.336 e. The lowest BCUT2D eigenvalue weighted by molar-refractivity contribution is 0.229. The molecule has 7 nitrogen and oxygen atoms in total. The van der Waals surface area contributed by atoms with Crippen molar-refractivity contribution in [2.75, 3.05) is 20.6 Å². The van der Waals surface area contributed by atoms with Crippen molar-refractivity contribution in [3.05, 3.63) is 47.5 Å². The first-order valence-corrected chi connectivity index (χ1v) is 8.55. The molecule has 7 heteroatoms. The molecule has 0 aliphatic carbocycles. The van der Waals surface area contributed by atoms with E-state index < -0.39 is 0 Å². The van der Waals surface area contributed by atoms with Gasteiger partial charge in [-0.2, -0.15) is 0 Å². The Bertz CT molecular complexity index is 679. The monoisotopic (exact) mass is 344 g/mol. The summed E-state index contributed by atoms with van der Waals surface area (Å²) in [5, 5.41) is 13.7. The second-order valence-corrected chi connectivity index (χ2v) is 6.45. The summed E-state index contributed by atoms with van der Waals surface area (Å²) < 4.78 is 1.79. The molecule has 0 spiro atoms. The van der Waals surface area contributed by atoms with Gasteiger partial charge in [0.05, 0.1) is 12.1 Å². The molecule has 0 aliphatic heterocycles. The molecular weight excluding hydrogens is 316 g/mol. The van der Waals surface area contributed by atoms with Gasteiger partial charge in [-0.1, -0.05) is 31.2 Å². The van der Waals surface area contributed by atoms with Gasteiger partial charge in [-0.05, 0) is 38.6 Å². The lowest BCUT2D eigenvalue weighted by Crippen LogP contribution is -2.41. The zero-order chi connectivity index (χ0) is 18.4. The smallest absolute Gasteiger partial charge is 0.315 e. The van der Waals surface area contributed by atoms with E-state index in [1.54, 1.807) is 10.9 Å². The Kier molecular flexibility index (Phi) is 6.52. The SMILES string of the molecule is CCc1ccc([C@H](CNC(=O)N[C@@H](C)c2nncn2C)N(C)C)cc1. The number of nitrogens with one attached hydrogen (secondary N) is 2. The molecule has 1 heterocycles. The maximum atomic E-state index is 12.2. The molecule has 0 saturated carbocycles. The van der Waals surface area contributed by atoms with Crippen molar-refractivity contribution in [2.45, 2.75) is 32.4 Å². The number of amides is 2. The number of aromatic nitrogens is 3. The molecule has 1 aromatic carbocycles. The first kappa shape index (κ1) is 18.9. The van der Waals surface area contributed by atoms with Gasteiger partial charge in [0.15, 0.2) is 5.82 Å². The van der Waals surface area contributed by atoms with E-state index in [1.807, 2.05) is 28.1 Å². The Hall–Kier alpha value is -2.41. The molecule has 0 unspecified atom stereocenters. The van der Waals surface area contributed by atoms with E-state index in [9.17, 15) is 4.79 Å². The van der Waals surface area contributed by atoms with E-state index in [1.165, 1.54) is 11.1 Å². The third-order valence-electron chi connectivity index (χ3n) is 4.33. The van der Waals surface area contributed by atoms with Crippen LogP contribution >= 0.6 is 0 Å². The topological polar surface area (TPSA) is 75.1 Å². The van der Waals surface area contributed by atoms with Crippen LogP contribution in [0, 0.1) is 0 Å². The molecule has 0 aliphatic rings. The summed E-state index contributed by atoms with van der Waals surface area (Å²) in [6, 6.07) is 8.23. The predicted octanol–water partition coefficient (Wildman–Crippen LogP) is 2.04. The maximum Gasteiger partial charge on any atom is 0.315 e. The molecule has 0 bridgehead atoms. The third-order valence-corrected chi connectivity index (χ3v) is 4.33. The second-order valence-electron chi connectivity index (χ2n) is 6.45. The predicted molar refractivity (Wildman–Crippen MR) is 98.2 cm³/mol. The summed E-state index contributed by atoms with van der Waals surface area (Å²) in [4.78, 5) is 14.3. The van der Waals surface area contributed by atoms with Gasteiger partial charge in [-0.3, -0.25) is 0 Å². The van der Waals surface area contributed by atoms with Gasteiger partial charge in [0.1, 0.15) is 6.33 Å². The zero-order valence-corrected chi connectivity index (χ0v) is 15.7. The van der Waals surface area contributed by atoms with Gasteiger partial charge >= 0.3 is 6.03 Å². The highest BCUT2D eigenvalue weighted by Crippen LogP contribution is 2.18. The van der Waals surface area contributed by atoms with Gasteiger partial charge < -0.3 is 20.1 Å². The molecule has 1 aromatic heterocycles. The van der Waals surface area contributed by atoms with Crippen molar-refractivity contribution < 1.29 is 4.79 Å². The Morgan fingerprint density at radius 2 is 1.96 bits per heavy atom. The van der Waals surface area contributed by atoms with E-state index >= 15 is 0 Å². The average Bonchev–Trinajstić information content (AvgIpc) is 3.01. The number of aryl methyl sites for hydroxylation is 2. The van der Waals surface area contributed by atoms with E-state index in [4.69, 9.17) is 0 Å². The lowest BCUT2D eigenvalue weighted by atomic mass is 10.0. The number of hydrogen-bond acceptors (Lipinski definition) is 4. The van der Waals surface area contributed by atoms with Crippen LogP contribution in [-0.2, 0) is 13.5 Å². The summed E-state index contributed by atoms with van der Waals surface area (Å²) in [5.74, 6) is 0.717. The van der Waals surface area contributed by atoms with Crippen LogP contribution in [0.3, 0.4) is 0 Å². The minimum absolute atomic E-state index is 0.113. The van der Waals surface area contributed by atoms with Crippen molar-refractivity contribution in [2.24, 2.45) is 7.05 Å². The Balaban J connectivity index is 1.93. The summed E-state index contributed by atoms with van der Waals surface area (Å²) in [5.41, 5.74) is 2.49. The van der Waals surface area contributed by atoms with E-state index in [2.05, 4.69) is 56.9 Å². The quantitative estimate of drug-likeness (QED) is 0.806. The molecule has 136 valence electrons. The molecule has 25 heavy (non-hydrogen) atoms. The number of nitrogens with zero attached hydrogens (tertiary/aromatic N) is 4. The van der Waals surface area contributed by atoms with Crippen molar-refractivity contribution in [3.8, 4) is 0 Å². The molecule has 0 saturated heterocycles. The fourth-order valence-corrected chi connectivity index (χ4v) is 2.76. The number of carbonyl (C=O) groups excluding carboxylic acids is 1. The first-order chi connectivity index (χ1) is 11.9. The third kappa shape index (κ3) is 5.03. The van der Waals surface area contributed by atoms with Gasteiger partial charge in [0.2, 0.25) is 0 Å². The highest BCUT2D eigenvalue weighted by Gasteiger charge is 2.17. The van der Waals surface area contributed by atoms with Gasteiger partial charge in [-0.25, -0.2) is 4.79 Å². The second kappa shape index (κ2) is 8.62. The van der Waals surface area contributed by atoms with Crippen molar-refractivity contribution in [1.82, 2.24) is 30.3 Å². The lowest BCUT2D eigenvalue weighted by Gasteiger charge is -2.25. The summed E-state index contributed by atoms with van der Waals surface area (Å²) >= 11 is 0. The number of rotatable bonds is 7. The van der Waals surface area contributed by atoms with Crippen molar-refractivity contribution in [1.29, 1.82) is 0 Å². The van der Waals surface area contributed by atoms with Crippen LogP contribution in [0.25, 0.3) is 0 Å². The zero-order valence-electron chi connectivity index (χ0n) is 15.7. The van der Waals surface area contributed by atoms with E-state index in [0.717, 1.165) is 12.2 Å². The molecule has 2 aromatic rings. The molecule has 2 rings (SSSR count). The Labute approximate surface area is 149 Å². The minimum atomic E-state index is -0.215. The molecule has 2 atom stereocenters. The number of hydrogen-bond donors (Lipinski definition) is 2. The number of urea groups is 1. The molecule has 0 radical (unpaired) electrons. The summed E-state index contributed by atoms with van der Waals surface area (Å²) in [7, 11) is 5.88.